The Bertz CT molecular complexity index is 656. The fourth-order valence-corrected chi connectivity index (χ4v) is 2.80. The molecule has 0 bridgehead atoms. The van der Waals surface area contributed by atoms with E-state index in [1.54, 1.807) is 18.3 Å². The predicted octanol–water partition coefficient (Wildman–Crippen LogP) is 3.72. The molecular formula is C16H15ClN2O. The van der Waals surface area contributed by atoms with Crippen molar-refractivity contribution in [2.75, 3.05) is 4.90 Å². The van der Waals surface area contributed by atoms with Crippen molar-refractivity contribution in [3.8, 4) is 0 Å². The highest BCUT2D eigenvalue weighted by molar-refractivity contribution is 6.31. The van der Waals surface area contributed by atoms with E-state index in [0.29, 0.717) is 10.7 Å². The largest absolute Gasteiger partial charge is 0.304 e. The molecule has 1 aromatic heterocycles. The summed E-state index contributed by atoms with van der Waals surface area (Å²) in [5.41, 5.74) is 2.58. The Morgan fingerprint density at radius 2 is 2.15 bits per heavy atom. The zero-order valence-electron chi connectivity index (χ0n) is 11.2. The van der Waals surface area contributed by atoms with Crippen LogP contribution in [0.25, 0.3) is 0 Å². The lowest BCUT2D eigenvalue weighted by atomic mass is 9.96. The maximum absolute atomic E-state index is 12.7. The number of aromatic nitrogens is 1. The molecule has 0 aliphatic carbocycles. The first kappa shape index (κ1) is 13.1. The molecule has 0 radical (unpaired) electrons. The van der Waals surface area contributed by atoms with Gasteiger partial charge >= 0.3 is 0 Å². The minimum atomic E-state index is -0.0906. The Labute approximate surface area is 123 Å². The monoisotopic (exact) mass is 286 g/mol. The zero-order valence-corrected chi connectivity index (χ0v) is 12.0. The van der Waals surface area contributed by atoms with Crippen molar-refractivity contribution in [3.63, 3.8) is 0 Å². The maximum Gasteiger partial charge on any atom is 0.277 e. The SMILES string of the molecule is C[C@@H]1CCc2ccccc2N1C(=O)c1cc(Cl)ccn1. The highest BCUT2D eigenvalue weighted by Crippen LogP contribution is 2.31. The first-order valence-electron chi connectivity index (χ1n) is 6.70. The molecule has 0 unspecified atom stereocenters. The van der Waals surface area contributed by atoms with Crippen LogP contribution in [0, 0.1) is 0 Å². The summed E-state index contributed by atoms with van der Waals surface area (Å²) in [5.74, 6) is -0.0906. The van der Waals surface area contributed by atoms with E-state index in [-0.39, 0.29) is 11.9 Å². The molecule has 20 heavy (non-hydrogen) atoms. The number of anilines is 1. The third kappa shape index (κ3) is 2.29. The summed E-state index contributed by atoms with van der Waals surface area (Å²) in [5, 5.41) is 0.529. The topological polar surface area (TPSA) is 33.2 Å². The first-order chi connectivity index (χ1) is 9.66. The molecule has 102 valence electrons. The van der Waals surface area contributed by atoms with Gasteiger partial charge in [0.1, 0.15) is 5.69 Å². The number of aryl methyl sites for hydroxylation is 1. The predicted molar refractivity (Wildman–Crippen MR) is 80.3 cm³/mol. The van der Waals surface area contributed by atoms with Crippen LogP contribution >= 0.6 is 11.6 Å². The zero-order chi connectivity index (χ0) is 14.1. The van der Waals surface area contributed by atoms with E-state index in [9.17, 15) is 4.79 Å². The quantitative estimate of drug-likeness (QED) is 0.800. The molecule has 2 aromatic rings. The van der Waals surface area contributed by atoms with Gasteiger partial charge < -0.3 is 4.90 Å². The van der Waals surface area contributed by atoms with Crippen molar-refractivity contribution >= 4 is 23.2 Å². The lowest BCUT2D eigenvalue weighted by Gasteiger charge is -2.35. The number of rotatable bonds is 1. The van der Waals surface area contributed by atoms with Gasteiger partial charge in [0.2, 0.25) is 0 Å². The highest BCUT2D eigenvalue weighted by atomic mass is 35.5. The van der Waals surface area contributed by atoms with Gasteiger partial charge in [0.15, 0.2) is 0 Å². The standard InChI is InChI=1S/C16H15ClN2O/c1-11-6-7-12-4-2-3-5-15(12)19(11)16(20)14-10-13(17)8-9-18-14/h2-5,8-11H,6-7H2,1H3/t11-/m1/s1. The lowest BCUT2D eigenvalue weighted by Crippen LogP contribution is -2.42. The van der Waals surface area contributed by atoms with Gasteiger partial charge in [0.25, 0.3) is 5.91 Å². The van der Waals surface area contributed by atoms with Gasteiger partial charge in [-0.25, -0.2) is 0 Å². The summed E-state index contributed by atoms with van der Waals surface area (Å²) < 4.78 is 0. The molecule has 0 fully saturated rings. The van der Waals surface area contributed by atoms with Crippen molar-refractivity contribution in [2.45, 2.75) is 25.8 Å². The van der Waals surface area contributed by atoms with Crippen LogP contribution in [0.3, 0.4) is 0 Å². The Balaban J connectivity index is 2.03. The number of nitrogens with zero attached hydrogens (tertiary/aromatic N) is 2. The Kier molecular flexibility index (Phi) is 3.45. The fraction of sp³-hybridized carbons (Fsp3) is 0.250. The normalized spacial score (nSPS) is 17.7. The van der Waals surface area contributed by atoms with Gasteiger partial charge in [-0.15, -0.1) is 0 Å². The summed E-state index contributed by atoms with van der Waals surface area (Å²) in [6.07, 6.45) is 3.53. The third-order valence-corrected chi connectivity index (χ3v) is 3.92. The van der Waals surface area contributed by atoms with Gasteiger partial charge in [-0.2, -0.15) is 0 Å². The summed E-state index contributed by atoms with van der Waals surface area (Å²) in [4.78, 5) is 18.7. The summed E-state index contributed by atoms with van der Waals surface area (Å²) in [6.45, 7) is 2.07. The van der Waals surface area contributed by atoms with E-state index >= 15 is 0 Å². The van der Waals surface area contributed by atoms with E-state index in [1.807, 2.05) is 23.1 Å². The van der Waals surface area contributed by atoms with Crippen LogP contribution in [-0.4, -0.2) is 16.9 Å². The molecule has 3 rings (SSSR count). The van der Waals surface area contributed by atoms with Crippen molar-refractivity contribution in [1.29, 1.82) is 0 Å². The van der Waals surface area contributed by atoms with Gasteiger partial charge in [-0.1, -0.05) is 29.8 Å². The first-order valence-corrected chi connectivity index (χ1v) is 7.07. The van der Waals surface area contributed by atoms with Gasteiger partial charge in [0, 0.05) is 22.9 Å². The van der Waals surface area contributed by atoms with Crippen LogP contribution in [0.1, 0.15) is 29.4 Å². The molecule has 1 aliphatic heterocycles. The number of fused-ring (bicyclic) bond motifs is 1. The molecule has 1 atom stereocenters. The van der Waals surface area contributed by atoms with Gasteiger partial charge in [-0.3, -0.25) is 9.78 Å². The molecule has 0 saturated heterocycles. The van der Waals surface area contributed by atoms with Gasteiger partial charge in [-0.05, 0) is 43.5 Å². The second-order valence-electron chi connectivity index (χ2n) is 5.05. The van der Waals surface area contributed by atoms with Crippen molar-refractivity contribution in [2.24, 2.45) is 0 Å². The number of halogens is 1. The van der Waals surface area contributed by atoms with Crippen molar-refractivity contribution in [1.82, 2.24) is 4.98 Å². The molecule has 1 aromatic carbocycles. The molecule has 4 heteroatoms. The smallest absolute Gasteiger partial charge is 0.277 e. The number of pyridine rings is 1. The Morgan fingerprint density at radius 1 is 1.35 bits per heavy atom. The van der Waals surface area contributed by atoms with Crippen molar-refractivity contribution in [3.05, 3.63) is 58.9 Å². The molecule has 0 spiro atoms. The van der Waals surface area contributed by atoms with E-state index in [2.05, 4.69) is 18.0 Å². The summed E-state index contributed by atoms with van der Waals surface area (Å²) in [6, 6.07) is 11.5. The molecule has 3 nitrogen and oxygen atoms in total. The molecule has 1 aliphatic rings. The maximum atomic E-state index is 12.7. The molecule has 2 heterocycles. The number of hydrogen-bond donors (Lipinski definition) is 0. The minimum Gasteiger partial charge on any atom is -0.304 e. The third-order valence-electron chi connectivity index (χ3n) is 3.68. The summed E-state index contributed by atoms with van der Waals surface area (Å²) >= 11 is 5.95. The van der Waals surface area contributed by atoms with Crippen LogP contribution in [0.2, 0.25) is 5.02 Å². The number of benzene rings is 1. The lowest BCUT2D eigenvalue weighted by molar-refractivity contribution is 0.0970. The molecule has 0 saturated carbocycles. The van der Waals surface area contributed by atoms with Gasteiger partial charge in [0.05, 0.1) is 0 Å². The average Bonchev–Trinajstić information content (AvgIpc) is 2.46. The van der Waals surface area contributed by atoms with Crippen LogP contribution in [0.15, 0.2) is 42.6 Å². The highest BCUT2D eigenvalue weighted by Gasteiger charge is 2.29. The van der Waals surface area contributed by atoms with E-state index in [1.165, 1.54) is 5.56 Å². The average molecular weight is 287 g/mol. The van der Waals surface area contributed by atoms with E-state index < -0.39 is 0 Å². The van der Waals surface area contributed by atoms with Crippen LogP contribution < -0.4 is 4.90 Å². The summed E-state index contributed by atoms with van der Waals surface area (Å²) in [7, 11) is 0. The second-order valence-corrected chi connectivity index (χ2v) is 5.49. The second kappa shape index (κ2) is 5.25. The van der Waals surface area contributed by atoms with Crippen LogP contribution in [0.5, 0.6) is 0 Å². The fourth-order valence-electron chi connectivity index (χ4n) is 2.64. The number of amides is 1. The number of carbonyl (C=O) groups is 1. The number of carbonyl (C=O) groups excluding carboxylic acids is 1. The Morgan fingerprint density at radius 3 is 2.95 bits per heavy atom. The molecule has 1 amide bonds. The Hall–Kier alpha value is -1.87. The molecule has 0 N–H and O–H groups in total. The van der Waals surface area contributed by atoms with E-state index in [0.717, 1.165) is 18.5 Å². The van der Waals surface area contributed by atoms with Crippen LogP contribution in [-0.2, 0) is 6.42 Å². The van der Waals surface area contributed by atoms with Crippen LogP contribution in [0.4, 0.5) is 5.69 Å². The molecular weight excluding hydrogens is 272 g/mol. The van der Waals surface area contributed by atoms with Crippen molar-refractivity contribution < 1.29 is 4.79 Å². The minimum absolute atomic E-state index is 0.0906. The number of hydrogen-bond acceptors (Lipinski definition) is 2. The number of para-hydroxylation sites is 1. The van der Waals surface area contributed by atoms with E-state index in [4.69, 9.17) is 11.6 Å².